The van der Waals surface area contributed by atoms with Gasteiger partial charge in [-0.3, -0.25) is 24.1 Å². The van der Waals surface area contributed by atoms with E-state index >= 15 is 0 Å². The second-order valence-electron chi connectivity index (χ2n) is 7.65. The summed E-state index contributed by atoms with van der Waals surface area (Å²) in [5.41, 5.74) is 1.16. The molecule has 32 heavy (non-hydrogen) atoms. The van der Waals surface area contributed by atoms with Gasteiger partial charge in [0, 0.05) is 19.3 Å². The molecular formula is C23H24ClN3O5. The average Bonchev–Trinajstić information content (AvgIpc) is 2.99. The number of anilines is 1. The van der Waals surface area contributed by atoms with Crippen LogP contribution in [0.2, 0.25) is 5.02 Å². The third-order valence-corrected chi connectivity index (χ3v) is 5.39. The van der Waals surface area contributed by atoms with E-state index < -0.39 is 23.8 Å². The summed E-state index contributed by atoms with van der Waals surface area (Å²) >= 11 is 6.23. The summed E-state index contributed by atoms with van der Waals surface area (Å²) in [6.45, 7) is 4.22. The maximum atomic E-state index is 13.1. The highest BCUT2D eigenvalue weighted by atomic mass is 35.5. The van der Waals surface area contributed by atoms with Gasteiger partial charge in [-0.15, -0.1) is 0 Å². The van der Waals surface area contributed by atoms with Gasteiger partial charge in [0.05, 0.1) is 28.3 Å². The number of nitrogens with zero attached hydrogens (tertiary/aromatic N) is 1. The summed E-state index contributed by atoms with van der Waals surface area (Å²) in [5.74, 6) is -2.22. The van der Waals surface area contributed by atoms with E-state index in [9.17, 15) is 19.2 Å². The number of hydrogen-bond donors (Lipinski definition) is 2. The number of benzene rings is 2. The van der Waals surface area contributed by atoms with E-state index in [1.807, 2.05) is 0 Å². The Bertz CT molecular complexity index is 1030. The van der Waals surface area contributed by atoms with Crippen LogP contribution in [0.4, 0.5) is 5.69 Å². The van der Waals surface area contributed by atoms with Gasteiger partial charge in [0.2, 0.25) is 5.91 Å². The van der Waals surface area contributed by atoms with Crippen molar-refractivity contribution >= 4 is 40.9 Å². The molecule has 0 saturated carbocycles. The first-order valence-electron chi connectivity index (χ1n) is 10.1. The molecular weight excluding hydrogens is 434 g/mol. The van der Waals surface area contributed by atoms with Crippen molar-refractivity contribution < 1.29 is 23.9 Å². The van der Waals surface area contributed by atoms with Crippen LogP contribution in [-0.2, 0) is 9.53 Å². The third kappa shape index (κ3) is 4.66. The summed E-state index contributed by atoms with van der Waals surface area (Å²) in [6, 6.07) is 9.95. The van der Waals surface area contributed by atoms with E-state index in [0.29, 0.717) is 18.8 Å². The second kappa shape index (κ2) is 9.93. The lowest BCUT2D eigenvalue weighted by atomic mass is 10.0. The van der Waals surface area contributed by atoms with Gasteiger partial charge in [0.15, 0.2) is 0 Å². The molecule has 0 fully saturated rings. The van der Waals surface area contributed by atoms with Crippen molar-refractivity contribution in [3.63, 3.8) is 0 Å². The van der Waals surface area contributed by atoms with Gasteiger partial charge >= 0.3 is 0 Å². The second-order valence-corrected chi connectivity index (χ2v) is 8.05. The highest BCUT2D eigenvalue weighted by molar-refractivity contribution is 6.34. The van der Waals surface area contributed by atoms with E-state index in [2.05, 4.69) is 10.6 Å². The molecule has 3 rings (SSSR count). The molecule has 0 radical (unpaired) electrons. The van der Waals surface area contributed by atoms with Crippen LogP contribution in [0.5, 0.6) is 0 Å². The molecule has 1 aliphatic rings. The third-order valence-electron chi connectivity index (χ3n) is 5.08. The molecule has 0 saturated heterocycles. The molecule has 0 bridgehead atoms. The number of carbonyl (C=O) groups is 4. The Hall–Kier alpha value is -3.23. The lowest BCUT2D eigenvalue weighted by Gasteiger charge is -2.28. The molecule has 2 N–H and O–H groups in total. The van der Waals surface area contributed by atoms with Crippen LogP contribution in [0.1, 0.15) is 44.9 Å². The molecule has 0 aromatic heterocycles. The average molecular weight is 458 g/mol. The largest absolute Gasteiger partial charge is 0.383 e. The minimum atomic E-state index is -1.02. The standard InChI is InChI=1S/C23H24ClN3O5/c1-13(2)19(27-22(30)15-6-4-5-7-16(15)23(27)31)21(29)26-14-8-9-17(18(24)12-14)20(28)25-10-11-32-3/h4-9,12-13,19H,10-11H2,1-3H3,(H,25,28)(H,26,29). The van der Waals surface area contributed by atoms with Crippen LogP contribution in [-0.4, -0.2) is 54.8 Å². The molecule has 2 aromatic rings. The quantitative estimate of drug-likeness (QED) is 0.468. The van der Waals surface area contributed by atoms with Crippen molar-refractivity contribution in [3.05, 3.63) is 64.2 Å². The SMILES string of the molecule is COCCNC(=O)c1ccc(NC(=O)C(C(C)C)N2C(=O)c3ccccc3C2=O)cc1Cl. The maximum Gasteiger partial charge on any atom is 0.262 e. The zero-order valence-corrected chi connectivity index (χ0v) is 18.7. The Morgan fingerprint density at radius 2 is 1.69 bits per heavy atom. The zero-order chi connectivity index (χ0) is 23.4. The molecule has 8 nitrogen and oxygen atoms in total. The first kappa shape index (κ1) is 23.4. The Morgan fingerprint density at radius 3 is 2.22 bits per heavy atom. The number of methoxy groups -OCH3 is 1. The molecule has 1 aliphatic heterocycles. The lowest BCUT2D eigenvalue weighted by molar-refractivity contribution is -0.121. The number of amides is 4. The number of nitrogens with one attached hydrogen (secondary N) is 2. The van der Waals surface area contributed by atoms with E-state index in [4.69, 9.17) is 16.3 Å². The number of halogens is 1. The van der Waals surface area contributed by atoms with Gasteiger partial charge < -0.3 is 15.4 Å². The van der Waals surface area contributed by atoms with Crippen LogP contribution < -0.4 is 10.6 Å². The summed E-state index contributed by atoms with van der Waals surface area (Å²) < 4.78 is 4.89. The van der Waals surface area contributed by atoms with E-state index in [0.717, 1.165) is 4.90 Å². The van der Waals surface area contributed by atoms with Gasteiger partial charge in [-0.1, -0.05) is 37.6 Å². The van der Waals surface area contributed by atoms with Gasteiger partial charge in [-0.05, 0) is 36.2 Å². The topological polar surface area (TPSA) is 105 Å². The lowest BCUT2D eigenvalue weighted by Crippen LogP contribution is -2.50. The van der Waals surface area contributed by atoms with Gasteiger partial charge in [0.25, 0.3) is 17.7 Å². The number of ether oxygens (including phenoxy) is 1. The minimum Gasteiger partial charge on any atom is -0.383 e. The molecule has 1 atom stereocenters. The van der Waals surface area contributed by atoms with Crippen molar-refractivity contribution in [1.29, 1.82) is 0 Å². The van der Waals surface area contributed by atoms with Gasteiger partial charge in [0.1, 0.15) is 6.04 Å². The van der Waals surface area contributed by atoms with Crippen molar-refractivity contribution in [2.24, 2.45) is 5.92 Å². The van der Waals surface area contributed by atoms with Crippen LogP contribution in [0.3, 0.4) is 0 Å². The zero-order valence-electron chi connectivity index (χ0n) is 18.0. The fourth-order valence-corrected chi connectivity index (χ4v) is 3.80. The summed E-state index contributed by atoms with van der Waals surface area (Å²) in [7, 11) is 1.53. The minimum absolute atomic E-state index is 0.152. The van der Waals surface area contributed by atoms with Crippen molar-refractivity contribution in [3.8, 4) is 0 Å². The number of carbonyl (C=O) groups excluding carboxylic acids is 4. The van der Waals surface area contributed by atoms with Gasteiger partial charge in [-0.25, -0.2) is 0 Å². The van der Waals surface area contributed by atoms with E-state index in [1.165, 1.54) is 25.3 Å². The van der Waals surface area contributed by atoms with Crippen molar-refractivity contribution in [2.45, 2.75) is 19.9 Å². The first-order chi connectivity index (χ1) is 15.3. The normalized spacial score (nSPS) is 13.8. The fraction of sp³-hybridized carbons (Fsp3) is 0.304. The number of fused-ring (bicyclic) bond motifs is 1. The number of rotatable bonds is 8. The fourth-order valence-electron chi connectivity index (χ4n) is 3.53. The Kier molecular flexibility index (Phi) is 7.27. The summed E-state index contributed by atoms with van der Waals surface area (Å²) in [6.07, 6.45) is 0. The van der Waals surface area contributed by atoms with Crippen molar-refractivity contribution in [1.82, 2.24) is 10.2 Å². The number of imide groups is 1. The summed E-state index contributed by atoms with van der Waals surface area (Å²) in [5, 5.41) is 5.53. The molecule has 1 heterocycles. The molecule has 1 unspecified atom stereocenters. The number of hydrogen-bond acceptors (Lipinski definition) is 5. The Morgan fingerprint density at radius 1 is 1.06 bits per heavy atom. The van der Waals surface area contributed by atoms with Crippen LogP contribution in [0, 0.1) is 5.92 Å². The van der Waals surface area contributed by atoms with Gasteiger partial charge in [-0.2, -0.15) is 0 Å². The van der Waals surface area contributed by atoms with E-state index in [1.54, 1.807) is 38.1 Å². The molecule has 168 valence electrons. The smallest absolute Gasteiger partial charge is 0.262 e. The summed E-state index contributed by atoms with van der Waals surface area (Å²) in [4.78, 5) is 52.0. The van der Waals surface area contributed by atoms with Crippen LogP contribution >= 0.6 is 11.6 Å². The van der Waals surface area contributed by atoms with Crippen molar-refractivity contribution in [2.75, 3.05) is 25.6 Å². The van der Waals surface area contributed by atoms with E-state index in [-0.39, 0.29) is 33.5 Å². The first-order valence-corrected chi connectivity index (χ1v) is 10.5. The van der Waals surface area contributed by atoms with Crippen LogP contribution in [0.25, 0.3) is 0 Å². The predicted molar refractivity (Wildman–Crippen MR) is 120 cm³/mol. The molecule has 4 amide bonds. The maximum absolute atomic E-state index is 13.1. The molecule has 9 heteroatoms. The highest BCUT2D eigenvalue weighted by Gasteiger charge is 2.43. The molecule has 2 aromatic carbocycles. The molecule has 0 aliphatic carbocycles. The Labute approximate surface area is 190 Å². The van der Waals surface area contributed by atoms with Crippen LogP contribution in [0.15, 0.2) is 42.5 Å². The highest BCUT2D eigenvalue weighted by Crippen LogP contribution is 2.28. The monoisotopic (exact) mass is 457 g/mol. The molecule has 0 spiro atoms. The predicted octanol–water partition coefficient (Wildman–Crippen LogP) is 2.98. The Balaban J connectivity index is 1.78.